The summed E-state index contributed by atoms with van der Waals surface area (Å²) in [6, 6.07) is -12.3. The predicted molar refractivity (Wildman–Crippen MR) is 407 cm³/mol. The first kappa shape index (κ1) is 90.0. The minimum atomic E-state index is -2.02. The molecular formula is C66H94IN23O20S2. The molecule has 0 saturated carbocycles. The summed E-state index contributed by atoms with van der Waals surface area (Å²) in [5, 5.41) is 90.3. The molecule has 46 heteroatoms. The molecule has 4 bridgehead atoms. The third kappa shape index (κ3) is 29.1. The Morgan fingerprint density at radius 1 is 0.670 bits per heavy atom. The number of carbonyl (C=O) groups is 16. The number of aliphatic hydroxyl groups excluding tert-OH is 1. The van der Waals surface area contributed by atoms with E-state index in [-0.39, 0.29) is 97.5 Å². The molecule has 4 heterocycles. The quantitative estimate of drug-likeness (QED) is 0.0138. The van der Waals surface area contributed by atoms with Crippen molar-refractivity contribution in [2.75, 3.05) is 37.7 Å². The Labute approximate surface area is 661 Å². The van der Waals surface area contributed by atoms with Crippen LogP contribution in [0.5, 0.6) is 11.5 Å². The molecule has 112 heavy (non-hydrogen) atoms. The number of aryl methyl sites for hydroxylation is 1. The van der Waals surface area contributed by atoms with Crippen molar-refractivity contribution in [2.24, 2.45) is 28.7 Å². The second-order valence-corrected chi connectivity index (χ2v) is 30.2. The molecule has 1 aromatic heterocycles. The molecule has 2 aromatic carbocycles. The lowest BCUT2D eigenvalue weighted by molar-refractivity contribution is -0.146. The van der Waals surface area contributed by atoms with Crippen LogP contribution in [0.2, 0.25) is 0 Å². The first-order chi connectivity index (χ1) is 53.1. The van der Waals surface area contributed by atoms with E-state index in [2.05, 4.69) is 79.4 Å². The van der Waals surface area contributed by atoms with Gasteiger partial charge in [-0.25, -0.2) is 4.79 Å². The maximum absolute atomic E-state index is 15.2. The number of rotatable bonds is 23. The average molecular weight is 1720 g/mol. The fraction of sp³-hybridized carbons (Fsp3) is 0.530. The number of phenolic OH excluding ortho intramolecular Hbond substituents is 2. The molecule has 2 saturated heterocycles. The number of nitrogens with one attached hydrogen (secondary N) is 14. The van der Waals surface area contributed by atoms with Gasteiger partial charge in [0.2, 0.25) is 82.7 Å². The van der Waals surface area contributed by atoms with Crippen LogP contribution in [0.25, 0.3) is 0 Å². The third-order valence-corrected chi connectivity index (χ3v) is 21.0. The number of primary amides is 3. The van der Waals surface area contributed by atoms with Crippen molar-refractivity contribution in [2.45, 2.75) is 182 Å². The van der Waals surface area contributed by atoms with Crippen LogP contribution >= 0.6 is 44.2 Å². The van der Waals surface area contributed by atoms with Gasteiger partial charge in [0, 0.05) is 69.6 Å². The Morgan fingerprint density at radius 2 is 1.25 bits per heavy atom. The van der Waals surface area contributed by atoms with Crippen LogP contribution in [0.3, 0.4) is 0 Å². The van der Waals surface area contributed by atoms with Gasteiger partial charge in [0.05, 0.1) is 28.3 Å². The predicted octanol–water partition coefficient (Wildman–Crippen LogP) is -7.89. The van der Waals surface area contributed by atoms with Crippen LogP contribution in [0.4, 0.5) is 4.79 Å². The lowest BCUT2D eigenvalue weighted by Gasteiger charge is -2.31. The van der Waals surface area contributed by atoms with Crippen LogP contribution in [0, 0.1) is 8.98 Å². The number of carbonyl (C=O) groups excluding carboxylic acids is 15. The zero-order valence-electron chi connectivity index (χ0n) is 60.7. The summed E-state index contributed by atoms with van der Waals surface area (Å²) in [5.41, 5.74) is 28.7. The van der Waals surface area contributed by atoms with Crippen molar-refractivity contribution in [1.82, 2.24) is 89.0 Å². The highest BCUT2D eigenvalue weighted by Gasteiger charge is 2.43. The number of carboxylic acid groups (broad SMARTS) is 1. The van der Waals surface area contributed by atoms with Crippen molar-refractivity contribution in [1.29, 1.82) is 5.41 Å². The van der Waals surface area contributed by atoms with Gasteiger partial charge in [-0.3, -0.25) is 82.0 Å². The average Bonchev–Trinajstić information content (AvgIpc) is 1.60. The Hall–Kier alpha value is -10.9. The topological polar surface area (TPSA) is 698 Å². The molecule has 1 unspecified atom stereocenters. The van der Waals surface area contributed by atoms with Crippen molar-refractivity contribution >= 4 is 145 Å². The summed E-state index contributed by atoms with van der Waals surface area (Å²) in [7, 11) is 1.62. The monoisotopic (exact) mass is 1720 g/mol. The summed E-state index contributed by atoms with van der Waals surface area (Å²) in [5.74, 6) is -18.8. The van der Waals surface area contributed by atoms with Gasteiger partial charge in [-0.2, -0.15) is 0 Å². The fourth-order valence-corrected chi connectivity index (χ4v) is 14.8. The van der Waals surface area contributed by atoms with Gasteiger partial charge in [0.15, 0.2) is 5.96 Å². The number of halogens is 1. The second-order valence-electron chi connectivity index (χ2n) is 26.5. The number of nitrogens with two attached hydrogens (primary N) is 5. The number of amides is 16. The molecular weight excluding hydrogens is 1630 g/mol. The normalized spacial score (nSPS) is 23.8. The summed E-state index contributed by atoms with van der Waals surface area (Å²) >= 11 is 1.80. The van der Waals surface area contributed by atoms with E-state index in [1.54, 1.807) is 22.6 Å². The number of urea groups is 1. The van der Waals surface area contributed by atoms with E-state index in [1.165, 1.54) is 53.3 Å². The number of aliphatic hydroxyl groups is 1. The first-order valence-electron chi connectivity index (χ1n) is 35.4. The van der Waals surface area contributed by atoms with E-state index >= 15 is 19.2 Å². The summed E-state index contributed by atoms with van der Waals surface area (Å²) < 4.78 is 1.48. The summed E-state index contributed by atoms with van der Waals surface area (Å²) in [4.78, 5) is 227. The number of hydrogen-bond acceptors (Lipinski definition) is 25. The Bertz CT molecular complexity index is 3940. The summed E-state index contributed by atoms with van der Waals surface area (Å²) in [6.07, 6.45) is -5.48. The molecule has 0 spiro atoms. The summed E-state index contributed by atoms with van der Waals surface area (Å²) in [6.45, 7) is -0.313. The molecule has 0 aliphatic carbocycles. The number of benzene rings is 2. The molecule has 13 atom stereocenters. The van der Waals surface area contributed by atoms with Crippen molar-refractivity contribution in [3.63, 3.8) is 0 Å². The molecule has 6 rings (SSSR count). The lowest BCUT2D eigenvalue weighted by atomic mass is 10.0. The van der Waals surface area contributed by atoms with Gasteiger partial charge in [-0.15, -0.1) is 5.10 Å². The number of aliphatic carboxylic acids is 1. The van der Waals surface area contributed by atoms with E-state index in [9.17, 15) is 78.0 Å². The number of hydrogen-bond donors (Lipinski definition) is 23. The highest BCUT2D eigenvalue weighted by atomic mass is 127. The Kier molecular flexibility index (Phi) is 35.5. The van der Waals surface area contributed by atoms with E-state index in [0.717, 1.165) is 33.4 Å². The molecule has 612 valence electrons. The van der Waals surface area contributed by atoms with Gasteiger partial charge < -0.3 is 123 Å². The van der Waals surface area contributed by atoms with Crippen LogP contribution in [0.15, 0.2) is 48.7 Å². The smallest absolute Gasteiger partial charge is 0.312 e. The van der Waals surface area contributed by atoms with Gasteiger partial charge >= 0.3 is 12.0 Å². The van der Waals surface area contributed by atoms with Gasteiger partial charge in [-0.1, -0.05) is 45.0 Å². The molecule has 2 fully saturated rings. The number of aromatic nitrogens is 3. The number of phenols is 2. The van der Waals surface area contributed by atoms with Gasteiger partial charge in [0.25, 0.3) is 0 Å². The maximum atomic E-state index is 15.2. The van der Waals surface area contributed by atoms with Gasteiger partial charge in [0.1, 0.15) is 84.0 Å². The number of guanidine groups is 1. The van der Waals surface area contributed by atoms with E-state index < -0.39 is 242 Å². The van der Waals surface area contributed by atoms with Gasteiger partial charge in [-0.05, 0) is 123 Å². The van der Waals surface area contributed by atoms with E-state index in [0.29, 0.717) is 5.56 Å². The molecule has 28 N–H and O–H groups in total. The fourth-order valence-electron chi connectivity index (χ4n) is 11.9. The standard InChI is InChI=1S/C66H94IN23O20S2/c1-31(91)52-63(108)84-44(26-51(96)97)64(109)90-21-5-9-47(90)62(107)80-38(6-2-18-74-65(71)72)55(100)85-46-30-112-111-29-45(76-50(95)27-68)60(105)78-39(57(102)86-52)8-4-20-89-28-34(87-88-89)25-43(59(104)81-41(53(70)98)23-32-10-13-35(92)14-11-32)83-56(101)40(15-17-49(69)94)79-58(103)42(24-33-12-16-48(93)36(67)22-33)82-54(99)37(77-61(46)106)7-3-19-75-66(73)110/h10-14,16,22,28,31,37-47,52,91-93H,2-9,15,17-21,23-27,29-30,68H2,1H3,(H2,69,94)(H2,70,98)(H,76,95)(H,77,106)(H,78,105)(H,79,103)(H,80,107)(H,81,104)(H,82,99)(H,83,101)(H,84,108)(H,85,100)(H,86,102)(H,96,97)(H4,71,72,74)(H3,73,75,110)/t31-,37+,38+,39+,40+,41+,42+,43+,44+,45?,46+,47+,52+/m1/s1. The molecule has 3 aliphatic heterocycles. The zero-order valence-corrected chi connectivity index (χ0v) is 64.5. The van der Waals surface area contributed by atoms with Crippen LogP contribution in [-0.4, -0.2) is 257 Å². The lowest BCUT2D eigenvalue weighted by Crippen LogP contribution is -2.62. The SMILES string of the molecule is C[C@@H](O)[C@@H]1NC(=O)[C@@H]2CCCn3cc(nn3)C[C@@H](C(=O)N[C@@H](Cc3ccc(O)cc3)C(N)=O)NC(=O)[C@H](CCC(N)=O)NC(=O)[C@H](Cc3ccc(O)c(I)c3)NC(=O)[C@H](CCCNC(N)=O)NC(=O)[C@H](CSSCC(NC(=O)CN)C(=O)N2)NC(=O)[C@H](CCCNC(=N)N)NC(=O)[C@@H]2CCCN2C(=O)[C@H](CC(=O)O)NC1=O. The number of fused-ring (bicyclic) bond motifs is 11. The molecule has 16 amide bonds. The third-order valence-electron chi connectivity index (χ3n) is 17.7. The van der Waals surface area contributed by atoms with E-state index in [1.807, 2.05) is 0 Å². The second kappa shape index (κ2) is 44.2. The minimum Gasteiger partial charge on any atom is -0.508 e. The highest BCUT2D eigenvalue weighted by Crippen LogP contribution is 2.26. The van der Waals surface area contributed by atoms with Crippen LogP contribution < -0.4 is 97.8 Å². The van der Waals surface area contributed by atoms with Crippen molar-refractivity contribution in [3.8, 4) is 11.5 Å². The molecule has 3 aliphatic rings. The van der Waals surface area contributed by atoms with Crippen LogP contribution in [0.1, 0.15) is 94.4 Å². The Morgan fingerprint density at radius 3 is 1.88 bits per heavy atom. The maximum Gasteiger partial charge on any atom is 0.312 e. The highest BCUT2D eigenvalue weighted by molar-refractivity contribution is 14.1. The van der Waals surface area contributed by atoms with Crippen molar-refractivity contribution in [3.05, 3.63) is 69.1 Å². The zero-order chi connectivity index (χ0) is 82.5. The number of carboxylic acids is 1. The largest absolute Gasteiger partial charge is 0.508 e. The van der Waals surface area contributed by atoms with E-state index in [4.69, 9.17) is 34.1 Å². The first-order valence-corrected chi connectivity index (χ1v) is 39.0. The van der Waals surface area contributed by atoms with Crippen molar-refractivity contribution < 1.29 is 97.1 Å². The number of nitrogens with zero attached hydrogens (tertiary/aromatic N) is 4. The molecule has 0 radical (unpaired) electrons. The molecule has 43 nitrogen and oxygen atoms in total. The minimum absolute atomic E-state index is 0.0294. The number of aromatic hydroxyl groups is 2. The van der Waals surface area contributed by atoms with Crippen LogP contribution in [-0.2, 0) is 97.7 Å². The molecule has 3 aromatic rings. The Balaban J connectivity index is 1.56.